The molecule has 0 aliphatic carbocycles. The fourth-order valence-electron chi connectivity index (χ4n) is 2.13. The zero-order valence-electron chi connectivity index (χ0n) is 13.3. The van der Waals surface area contributed by atoms with E-state index in [1.54, 1.807) is 6.21 Å². The first-order valence-electron chi connectivity index (χ1n) is 7.56. The number of nitrogens with zero attached hydrogens (tertiary/aromatic N) is 1. The number of carbonyl (C=O) groups is 1. The van der Waals surface area contributed by atoms with Crippen molar-refractivity contribution in [2.24, 2.45) is 5.10 Å². The molecular formula is C19H22N2O. The van der Waals surface area contributed by atoms with Gasteiger partial charge in [-0.05, 0) is 29.2 Å². The smallest absolute Gasteiger partial charge is 0.267 e. The second-order valence-corrected chi connectivity index (χ2v) is 5.70. The van der Waals surface area contributed by atoms with Gasteiger partial charge in [-0.25, -0.2) is 5.43 Å². The fourth-order valence-corrected chi connectivity index (χ4v) is 2.13. The number of carbonyl (C=O) groups excluding carboxylic acids is 1. The van der Waals surface area contributed by atoms with Crippen molar-refractivity contribution in [2.75, 3.05) is 0 Å². The highest BCUT2D eigenvalue weighted by Gasteiger charge is 2.06. The Morgan fingerprint density at radius 3 is 2.18 bits per heavy atom. The first kappa shape index (κ1) is 16.0. The van der Waals surface area contributed by atoms with Gasteiger partial charge < -0.3 is 0 Å². The molecule has 0 fully saturated rings. The van der Waals surface area contributed by atoms with Gasteiger partial charge in [0.15, 0.2) is 0 Å². The number of benzene rings is 2. The average molecular weight is 294 g/mol. The Labute approximate surface area is 132 Å². The van der Waals surface area contributed by atoms with Crippen LogP contribution in [0.2, 0.25) is 0 Å². The van der Waals surface area contributed by atoms with E-state index in [2.05, 4.69) is 24.4 Å². The van der Waals surface area contributed by atoms with Crippen LogP contribution in [0.25, 0.3) is 0 Å². The molecule has 2 rings (SSSR count). The molecule has 0 aliphatic rings. The van der Waals surface area contributed by atoms with Crippen molar-refractivity contribution >= 4 is 12.1 Å². The normalized spacial score (nSPS) is 12.5. The van der Waals surface area contributed by atoms with Gasteiger partial charge in [-0.1, -0.05) is 63.2 Å². The Morgan fingerprint density at radius 1 is 0.955 bits per heavy atom. The van der Waals surface area contributed by atoms with Gasteiger partial charge in [-0.3, -0.25) is 4.79 Å². The Hall–Kier alpha value is -2.42. The van der Waals surface area contributed by atoms with Crippen LogP contribution in [0.5, 0.6) is 0 Å². The van der Waals surface area contributed by atoms with Crippen molar-refractivity contribution in [3.05, 3.63) is 71.3 Å². The summed E-state index contributed by atoms with van der Waals surface area (Å²) >= 11 is 0. The SMILES string of the molecule is CC(C)c1ccc(C(=O)N/N=C/C(C)c2ccccc2)cc1. The number of hydrogen-bond donors (Lipinski definition) is 1. The first-order chi connectivity index (χ1) is 10.6. The van der Waals surface area contributed by atoms with Crippen molar-refractivity contribution in [3.8, 4) is 0 Å². The van der Waals surface area contributed by atoms with E-state index in [0.717, 1.165) is 0 Å². The lowest BCUT2D eigenvalue weighted by Crippen LogP contribution is -2.18. The van der Waals surface area contributed by atoms with Crippen LogP contribution in [0.1, 0.15) is 54.1 Å². The van der Waals surface area contributed by atoms with Gasteiger partial charge in [0.1, 0.15) is 0 Å². The topological polar surface area (TPSA) is 41.5 Å². The summed E-state index contributed by atoms with van der Waals surface area (Å²) in [6.45, 7) is 6.30. The number of nitrogens with one attached hydrogen (secondary N) is 1. The van der Waals surface area contributed by atoms with E-state index in [1.807, 2.05) is 61.5 Å². The molecule has 1 atom stereocenters. The third-order valence-electron chi connectivity index (χ3n) is 3.63. The molecular weight excluding hydrogens is 272 g/mol. The van der Waals surface area contributed by atoms with Gasteiger partial charge in [0.2, 0.25) is 0 Å². The summed E-state index contributed by atoms with van der Waals surface area (Å²) in [4.78, 5) is 12.0. The van der Waals surface area contributed by atoms with Gasteiger partial charge in [0, 0.05) is 17.7 Å². The van der Waals surface area contributed by atoms with Gasteiger partial charge in [0.25, 0.3) is 5.91 Å². The lowest BCUT2D eigenvalue weighted by atomic mass is 10.0. The molecule has 2 aromatic rings. The standard InChI is InChI=1S/C19H22N2O/c1-14(2)16-9-11-18(12-10-16)19(22)21-20-13-15(3)17-7-5-4-6-8-17/h4-15H,1-3H3,(H,21,22)/b20-13+. The molecule has 0 bridgehead atoms. The molecule has 0 aliphatic heterocycles. The largest absolute Gasteiger partial charge is 0.271 e. The summed E-state index contributed by atoms with van der Waals surface area (Å²) in [5.74, 6) is 0.429. The van der Waals surface area contributed by atoms with Crippen molar-refractivity contribution in [1.82, 2.24) is 5.43 Å². The molecule has 0 saturated carbocycles. The van der Waals surface area contributed by atoms with Crippen LogP contribution in [0.15, 0.2) is 59.7 Å². The van der Waals surface area contributed by atoms with Crippen molar-refractivity contribution < 1.29 is 4.79 Å². The zero-order chi connectivity index (χ0) is 15.9. The van der Waals surface area contributed by atoms with E-state index < -0.39 is 0 Å². The second kappa shape index (κ2) is 7.55. The maximum atomic E-state index is 12.0. The molecule has 0 saturated heterocycles. The molecule has 0 spiro atoms. The summed E-state index contributed by atoms with van der Waals surface area (Å²) in [5.41, 5.74) is 5.59. The molecule has 1 amide bonds. The van der Waals surface area contributed by atoms with Crippen molar-refractivity contribution in [1.29, 1.82) is 0 Å². The lowest BCUT2D eigenvalue weighted by Gasteiger charge is -2.07. The quantitative estimate of drug-likeness (QED) is 0.647. The Kier molecular flexibility index (Phi) is 5.48. The number of hydrogen-bond acceptors (Lipinski definition) is 2. The number of amides is 1. The minimum atomic E-state index is -0.188. The fraction of sp³-hybridized carbons (Fsp3) is 0.263. The van der Waals surface area contributed by atoms with E-state index >= 15 is 0 Å². The van der Waals surface area contributed by atoms with Crippen molar-refractivity contribution in [2.45, 2.75) is 32.6 Å². The molecule has 1 unspecified atom stereocenters. The molecule has 22 heavy (non-hydrogen) atoms. The summed E-state index contributed by atoms with van der Waals surface area (Å²) in [7, 11) is 0. The van der Waals surface area contributed by atoms with Crippen LogP contribution < -0.4 is 5.43 Å². The zero-order valence-corrected chi connectivity index (χ0v) is 13.3. The number of rotatable bonds is 5. The molecule has 114 valence electrons. The summed E-state index contributed by atoms with van der Waals surface area (Å²) in [6, 6.07) is 17.7. The Morgan fingerprint density at radius 2 is 1.59 bits per heavy atom. The highest BCUT2D eigenvalue weighted by atomic mass is 16.2. The highest BCUT2D eigenvalue weighted by molar-refractivity contribution is 5.94. The first-order valence-corrected chi connectivity index (χ1v) is 7.56. The maximum absolute atomic E-state index is 12.0. The lowest BCUT2D eigenvalue weighted by molar-refractivity contribution is 0.0955. The highest BCUT2D eigenvalue weighted by Crippen LogP contribution is 2.15. The third-order valence-corrected chi connectivity index (χ3v) is 3.63. The average Bonchev–Trinajstić information content (AvgIpc) is 2.55. The van der Waals surface area contributed by atoms with Crippen LogP contribution in [-0.4, -0.2) is 12.1 Å². The molecule has 1 N–H and O–H groups in total. The van der Waals surface area contributed by atoms with Crippen LogP contribution in [0.4, 0.5) is 0 Å². The summed E-state index contributed by atoms with van der Waals surface area (Å²) in [5, 5.41) is 4.06. The monoisotopic (exact) mass is 294 g/mol. The van der Waals surface area contributed by atoms with Gasteiger partial charge >= 0.3 is 0 Å². The van der Waals surface area contributed by atoms with Gasteiger partial charge in [-0.15, -0.1) is 0 Å². The third kappa shape index (κ3) is 4.29. The predicted molar refractivity (Wildman–Crippen MR) is 91.3 cm³/mol. The summed E-state index contributed by atoms with van der Waals surface area (Å²) in [6.07, 6.45) is 1.75. The maximum Gasteiger partial charge on any atom is 0.271 e. The summed E-state index contributed by atoms with van der Waals surface area (Å²) < 4.78 is 0. The molecule has 0 heterocycles. The molecule has 3 nitrogen and oxygen atoms in total. The minimum Gasteiger partial charge on any atom is -0.267 e. The molecule has 0 aromatic heterocycles. The van der Waals surface area contributed by atoms with E-state index in [0.29, 0.717) is 11.5 Å². The van der Waals surface area contributed by atoms with Crippen LogP contribution in [-0.2, 0) is 0 Å². The van der Waals surface area contributed by atoms with E-state index in [1.165, 1.54) is 11.1 Å². The minimum absolute atomic E-state index is 0.157. The second-order valence-electron chi connectivity index (χ2n) is 5.70. The van der Waals surface area contributed by atoms with E-state index in [9.17, 15) is 4.79 Å². The van der Waals surface area contributed by atoms with Crippen LogP contribution in [0, 0.1) is 0 Å². The molecule has 0 radical (unpaired) electrons. The van der Waals surface area contributed by atoms with Crippen LogP contribution >= 0.6 is 0 Å². The molecule has 3 heteroatoms. The van der Waals surface area contributed by atoms with Crippen LogP contribution in [0.3, 0.4) is 0 Å². The van der Waals surface area contributed by atoms with E-state index in [-0.39, 0.29) is 11.8 Å². The van der Waals surface area contributed by atoms with E-state index in [4.69, 9.17) is 0 Å². The Balaban J connectivity index is 1.93. The number of hydrazone groups is 1. The molecule has 2 aromatic carbocycles. The van der Waals surface area contributed by atoms with Crippen molar-refractivity contribution in [3.63, 3.8) is 0 Å². The van der Waals surface area contributed by atoms with Gasteiger partial charge in [0.05, 0.1) is 0 Å². The predicted octanol–water partition coefficient (Wildman–Crippen LogP) is 4.33. The Bertz CT molecular complexity index is 630. The van der Waals surface area contributed by atoms with Gasteiger partial charge in [-0.2, -0.15) is 5.10 Å².